The molecule has 0 unspecified atom stereocenters. The highest BCUT2D eigenvalue weighted by atomic mass is 35.5. The second kappa shape index (κ2) is 7.64. The van der Waals surface area contributed by atoms with E-state index in [1.807, 2.05) is 19.1 Å². The number of hydrogen-bond donors (Lipinski definition) is 2. The summed E-state index contributed by atoms with van der Waals surface area (Å²) in [6.07, 6.45) is 0. The summed E-state index contributed by atoms with van der Waals surface area (Å²) in [5.74, 6) is 0.0940. The number of carbonyl (C=O) groups excluding carboxylic acids is 1. The summed E-state index contributed by atoms with van der Waals surface area (Å²) in [5.41, 5.74) is 2.95. The minimum atomic E-state index is -0.374. The number of amides is 1. The third-order valence-electron chi connectivity index (χ3n) is 3.61. The summed E-state index contributed by atoms with van der Waals surface area (Å²) in [5, 5.41) is 23.2. The number of nitrogens with one attached hydrogen (secondary N) is 2. The van der Waals surface area contributed by atoms with Gasteiger partial charge >= 0.3 is 0 Å². The van der Waals surface area contributed by atoms with Crippen molar-refractivity contribution < 1.29 is 4.79 Å². The fourth-order valence-electron chi connectivity index (χ4n) is 2.25. The summed E-state index contributed by atoms with van der Waals surface area (Å²) in [6.45, 7) is 1.87. The van der Waals surface area contributed by atoms with Gasteiger partial charge in [0, 0.05) is 16.4 Å². The Bertz CT molecular complexity index is 996. The highest BCUT2D eigenvalue weighted by molar-refractivity contribution is 6.31. The number of nitriles is 1. The van der Waals surface area contributed by atoms with Crippen LogP contribution in [0, 0.1) is 18.3 Å². The molecule has 0 atom stereocenters. The van der Waals surface area contributed by atoms with Crippen LogP contribution in [-0.4, -0.2) is 16.1 Å². The molecule has 0 radical (unpaired) electrons. The van der Waals surface area contributed by atoms with Gasteiger partial charge in [0.05, 0.1) is 11.6 Å². The van der Waals surface area contributed by atoms with Crippen molar-refractivity contribution in [3.05, 3.63) is 76.4 Å². The van der Waals surface area contributed by atoms with E-state index in [2.05, 4.69) is 26.9 Å². The van der Waals surface area contributed by atoms with Gasteiger partial charge in [-0.25, -0.2) is 0 Å². The van der Waals surface area contributed by atoms with E-state index < -0.39 is 0 Å². The molecule has 0 bridgehead atoms. The highest BCUT2D eigenvalue weighted by Gasteiger charge is 2.10. The Hall–Kier alpha value is -3.43. The molecule has 26 heavy (non-hydrogen) atoms. The first-order chi connectivity index (χ1) is 12.5. The van der Waals surface area contributed by atoms with Crippen LogP contribution >= 0.6 is 11.6 Å². The van der Waals surface area contributed by atoms with Crippen LogP contribution in [0.15, 0.2) is 54.6 Å². The van der Waals surface area contributed by atoms with Crippen molar-refractivity contribution >= 4 is 34.7 Å². The van der Waals surface area contributed by atoms with E-state index in [-0.39, 0.29) is 11.6 Å². The van der Waals surface area contributed by atoms with Crippen molar-refractivity contribution in [2.45, 2.75) is 6.92 Å². The molecule has 2 N–H and O–H groups in total. The van der Waals surface area contributed by atoms with E-state index in [0.717, 1.165) is 5.56 Å². The largest absolute Gasteiger partial charge is 0.339 e. The standard InChI is InChI=1S/C19H14ClN5O/c1-12-5-6-14(20)10-17(12)23-19(26)16-7-8-18(25-24-16)22-15-4-2-3-13(9-15)11-21/h2-10H,1H3,(H,22,25)(H,23,26). The van der Waals surface area contributed by atoms with Crippen molar-refractivity contribution in [1.29, 1.82) is 5.26 Å². The lowest BCUT2D eigenvalue weighted by Gasteiger charge is -2.09. The Morgan fingerprint density at radius 1 is 1.12 bits per heavy atom. The number of nitrogens with zero attached hydrogens (tertiary/aromatic N) is 3. The number of rotatable bonds is 4. The molecule has 0 saturated carbocycles. The van der Waals surface area contributed by atoms with E-state index in [1.165, 1.54) is 0 Å². The number of aromatic nitrogens is 2. The van der Waals surface area contributed by atoms with E-state index in [1.54, 1.807) is 42.5 Å². The zero-order chi connectivity index (χ0) is 18.5. The van der Waals surface area contributed by atoms with Gasteiger partial charge in [-0.3, -0.25) is 4.79 Å². The van der Waals surface area contributed by atoms with Crippen molar-refractivity contribution in [1.82, 2.24) is 10.2 Å². The number of aryl methyl sites for hydroxylation is 1. The number of benzene rings is 2. The molecular formula is C19H14ClN5O. The Kier molecular flexibility index (Phi) is 5.11. The lowest BCUT2D eigenvalue weighted by atomic mass is 10.2. The monoisotopic (exact) mass is 363 g/mol. The molecule has 0 spiro atoms. The molecule has 0 saturated heterocycles. The first-order valence-electron chi connectivity index (χ1n) is 7.73. The Labute approximate surface area is 155 Å². The van der Waals surface area contributed by atoms with Gasteiger partial charge in [-0.2, -0.15) is 5.26 Å². The van der Waals surface area contributed by atoms with Crippen LogP contribution in [0.5, 0.6) is 0 Å². The second-order valence-electron chi connectivity index (χ2n) is 5.53. The maximum Gasteiger partial charge on any atom is 0.276 e. The van der Waals surface area contributed by atoms with Crippen LogP contribution in [0.25, 0.3) is 0 Å². The third-order valence-corrected chi connectivity index (χ3v) is 3.84. The maximum atomic E-state index is 12.3. The van der Waals surface area contributed by atoms with Crippen LogP contribution < -0.4 is 10.6 Å². The minimum absolute atomic E-state index is 0.181. The second-order valence-corrected chi connectivity index (χ2v) is 5.97. The first kappa shape index (κ1) is 17.4. The number of hydrogen-bond acceptors (Lipinski definition) is 5. The summed E-state index contributed by atoms with van der Waals surface area (Å²) < 4.78 is 0. The molecule has 7 heteroatoms. The third kappa shape index (κ3) is 4.15. The minimum Gasteiger partial charge on any atom is -0.339 e. The molecule has 1 aromatic heterocycles. The van der Waals surface area contributed by atoms with Crippen LogP contribution in [0.1, 0.15) is 21.6 Å². The van der Waals surface area contributed by atoms with Crippen LogP contribution in [0.2, 0.25) is 5.02 Å². The van der Waals surface area contributed by atoms with Crippen molar-refractivity contribution in [2.75, 3.05) is 10.6 Å². The summed E-state index contributed by atoms with van der Waals surface area (Å²) in [4.78, 5) is 12.3. The topological polar surface area (TPSA) is 90.7 Å². The molecule has 6 nitrogen and oxygen atoms in total. The highest BCUT2D eigenvalue weighted by Crippen LogP contribution is 2.21. The predicted octanol–water partition coefficient (Wildman–Crippen LogP) is 4.31. The fraction of sp³-hybridized carbons (Fsp3) is 0.0526. The van der Waals surface area contributed by atoms with Crippen LogP contribution in [0.3, 0.4) is 0 Å². The average Bonchev–Trinajstić information content (AvgIpc) is 2.65. The van der Waals surface area contributed by atoms with Gasteiger partial charge in [0.15, 0.2) is 11.5 Å². The molecule has 0 aliphatic rings. The number of carbonyl (C=O) groups is 1. The maximum absolute atomic E-state index is 12.3. The Morgan fingerprint density at radius 3 is 2.69 bits per heavy atom. The van der Waals surface area contributed by atoms with Crippen LogP contribution in [0.4, 0.5) is 17.2 Å². The van der Waals surface area contributed by atoms with Gasteiger partial charge < -0.3 is 10.6 Å². The zero-order valence-corrected chi connectivity index (χ0v) is 14.6. The SMILES string of the molecule is Cc1ccc(Cl)cc1NC(=O)c1ccc(Nc2cccc(C#N)c2)nn1. The number of anilines is 3. The predicted molar refractivity (Wildman–Crippen MR) is 101 cm³/mol. The molecule has 3 aromatic rings. The van der Waals surface area contributed by atoms with Gasteiger partial charge in [0.25, 0.3) is 5.91 Å². The smallest absolute Gasteiger partial charge is 0.276 e. The van der Waals surface area contributed by atoms with Gasteiger partial charge in [0.1, 0.15) is 0 Å². The van der Waals surface area contributed by atoms with Gasteiger partial charge in [-0.05, 0) is 55.0 Å². The molecule has 3 rings (SSSR count). The molecule has 128 valence electrons. The van der Waals surface area contributed by atoms with E-state index in [4.69, 9.17) is 16.9 Å². The van der Waals surface area contributed by atoms with E-state index >= 15 is 0 Å². The molecule has 0 aliphatic carbocycles. The summed E-state index contributed by atoms with van der Waals surface area (Å²) in [7, 11) is 0. The molecule has 0 fully saturated rings. The van der Waals surface area contributed by atoms with Gasteiger partial charge in [0.2, 0.25) is 0 Å². The fourth-order valence-corrected chi connectivity index (χ4v) is 2.42. The average molecular weight is 364 g/mol. The normalized spacial score (nSPS) is 10.0. The lowest BCUT2D eigenvalue weighted by molar-refractivity contribution is 0.102. The van der Waals surface area contributed by atoms with E-state index in [0.29, 0.717) is 27.8 Å². The molecule has 1 heterocycles. The molecule has 2 aromatic carbocycles. The zero-order valence-electron chi connectivity index (χ0n) is 13.8. The first-order valence-corrected chi connectivity index (χ1v) is 8.11. The molecular weight excluding hydrogens is 350 g/mol. The lowest BCUT2D eigenvalue weighted by Crippen LogP contribution is -2.15. The summed E-state index contributed by atoms with van der Waals surface area (Å²) in [6, 6.07) is 17.5. The molecule has 1 amide bonds. The van der Waals surface area contributed by atoms with E-state index in [9.17, 15) is 4.79 Å². The number of halogens is 1. The summed E-state index contributed by atoms with van der Waals surface area (Å²) >= 11 is 5.96. The van der Waals surface area contributed by atoms with Gasteiger partial charge in [-0.15, -0.1) is 10.2 Å². The van der Waals surface area contributed by atoms with Crippen molar-refractivity contribution in [3.8, 4) is 6.07 Å². The Morgan fingerprint density at radius 2 is 1.96 bits per heavy atom. The molecule has 0 aliphatic heterocycles. The van der Waals surface area contributed by atoms with Crippen molar-refractivity contribution in [3.63, 3.8) is 0 Å². The van der Waals surface area contributed by atoms with Crippen molar-refractivity contribution in [2.24, 2.45) is 0 Å². The van der Waals surface area contributed by atoms with Crippen LogP contribution in [-0.2, 0) is 0 Å². The Balaban J connectivity index is 1.71. The van der Waals surface area contributed by atoms with Gasteiger partial charge in [-0.1, -0.05) is 23.7 Å². The quantitative estimate of drug-likeness (QED) is 0.720.